The standard InChI is InChI=1S/C42H39N/c1-28-27-36(29(2)39-40(28)43(31-19-9-6-10-20-31)42(4)26-16-15-25-41(39,42)3)38-34-23-13-11-21-32(34)37(30-17-7-5-8-18-30)33-22-12-14-24-35(33)38/h5-14,17-24,27H,15-16,25-26H2,1-4H3. The molecule has 0 spiro atoms. The summed E-state index contributed by atoms with van der Waals surface area (Å²) in [6, 6.07) is 42.7. The first-order valence-electron chi connectivity index (χ1n) is 15.9. The normalized spacial score (nSPS) is 21.3. The molecule has 2 atom stereocenters. The highest BCUT2D eigenvalue weighted by atomic mass is 15.3. The van der Waals surface area contributed by atoms with Crippen LogP contribution < -0.4 is 4.90 Å². The highest BCUT2D eigenvalue weighted by Crippen LogP contribution is 2.63. The van der Waals surface area contributed by atoms with Crippen molar-refractivity contribution in [3.05, 3.63) is 132 Å². The van der Waals surface area contributed by atoms with Gasteiger partial charge in [-0.15, -0.1) is 0 Å². The van der Waals surface area contributed by atoms with Crippen LogP contribution in [0.4, 0.5) is 11.4 Å². The van der Waals surface area contributed by atoms with Crippen molar-refractivity contribution in [2.24, 2.45) is 0 Å². The number of aryl methyl sites for hydroxylation is 1. The van der Waals surface area contributed by atoms with E-state index in [0.29, 0.717) is 0 Å². The van der Waals surface area contributed by atoms with Crippen molar-refractivity contribution in [2.45, 2.75) is 64.3 Å². The lowest BCUT2D eigenvalue weighted by Crippen LogP contribution is -2.54. The number of rotatable bonds is 3. The van der Waals surface area contributed by atoms with E-state index in [9.17, 15) is 0 Å². The van der Waals surface area contributed by atoms with Gasteiger partial charge in [0.25, 0.3) is 0 Å². The number of hydrogen-bond acceptors (Lipinski definition) is 1. The maximum Gasteiger partial charge on any atom is 0.0518 e. The quantitative estimate of drug-likeness (QED) is 0.196. The number of para-hydroxylation sites is 1. The molecular formula is C42H39N. The van der Waals surface area contributed by atoms with Crippen LogP contribution in [0.25, 0.3) is 43.8 Å². The summed E-state index contributed by atoms with van der Waals surface area (Å²) >= 11 is 0. The minimum absolute atomic E-state index is 0.0321. The van der Waals surface area contributed by atoms with Crippen LogP contribution in [0.5, 0.6) is 0 Å². The van der Waals surface area contributed by atoms with Gasteiger partial charge in [0.05, 0.1) is 5.54 Å². The van der Waals surface area contributed by atoms with Crippen LogP contribution >= 0.6 is 0 Å². The minimum Gasteiger partial charge on any atom is -0.334 e. The molecule has 0 N–H and O–H groups in total. The molecule has 0 saturated heterocycles. The summed E-state index contributed by atoms with van der Waals surface area (Å²) in [5.74, 6) is 0. The van der Waals surface area contributed by atoms with Gasteiger partial charge in [-0.2, -0.15) is 0 Å². The molecule has 1 nitrogen and oxygen atoms in total. The summed E-state index contributed by atoms with van der Waals surface area (Å²) in [7, 11) is 0. The van der Waals surface area contributed by atoms with Crippen molar-refractivity contribution in [2.75, 3.05) is 4.90 Å². The third-order valence-electron chi connectivity index (χ3n) is 11.1. The fraction of sp³-hybridized carbons (Fsp3) is 0.238. The van der Waals surface area contributed by atoms with E-state index in [4.69, 9.17) is 0 Å². The Hall–Kier alpha value is -4.36. The van der Waals surface area contributed by atoms with Gasteiger partial charge in [-0.1, -0.05) is 117 Å². The number of anilines is 2. The molecule has 2 aliphatic rings. The zero-order valence-electron chi connectivity index (χ0n) is 25.7. The van der Waals surface area contributed by atoms with E-state index in [1.54, 1.807) is 5.56 Å². The van der Waals surface area contributed by atoms with Crippen molar-refractivity contribution in [1.29, 1.82) is 0 Å². The number of fused-ring (bicyclic) bond motifs is 5. The van der Waals surface area contributed by atoms with E-state index in [2.05, 4.69) is 148 Å². The van der Waals surface area contributed by atoms with Gasteiger partial charge in [-0.05, 0) is 112 Å². The van der Waals surface area contributed by atoms with E-state index in [1.165, 1.54) is 92.0 Å². The Labute approximate surface area is 255 Å². The molecule has 43 heavy (non-hydrogen) atoms. The molecule has 0 bridgehead atoms. The van der Waals surface area contributed by atoms with Gasteiger partial charge in [0, 0.05) is 16.8 Å². The molecule has 1 aliphatic carbocycles. The molecule has 0 amide bonds. The van der Waals surface area contributed by atoms with Gasteiger partial charge in [0.15, 0.2) is 0 Å². The Kier molecular flexibility index (Phi) is 5.85. The molecule has 2 unspecified atom stereocenters. The topological polar surface area (TPSA) is 3.24 Å². The van der Waals surface area contributed by atoms with Crippen molar-refractivity contribution in [3.63, 3.8) is 0 Å². The monoisotopic (exact) mass is 557 g/mol. The van der Waals surface area contributed by atoms with E-state index in [1.807, 2.05) is 0 Å². The van der Waals surface area contributed by atoms with Crippen LogP contribution in [0.15, 0.2) is 115 Å². The molecule has 212 valence electrons. The van der Waals surface area contributed by atoms with Crippen LogP contribution in [0.3, 0.4) is 0 Å². The van der Waals surface area contributed by atoms with E-state index in [0.717, 1.165) is 0 Å². The zero-order valence-corrected chi connectivity index (χ0v) is 25.7. The molecular weight excluding hydrogens is 518 g/mol. The minimum atomic E-state index is 0.0321. The second-order valence-electron chi connectivity index (χ2n) is 13.3. The van der Waals surface area contributed by atoms with Gasteiger partial charge in [-0.25, -0.2) is 0 Å². The zero-order chi connectivity index (χ0) is 29.3. The third kappa shape index (κ3) is 3.58. The first-order valence-corrected chi connectivity index (χ1v) is 15.9. The molecule has 6 aromatic rings. The highest BCUT2D eigenvalue weighted by molar-refractivity contribution is 6.21. The Bertz CT molecular complexity index is 1970. The van der Waals surface area contributed by atoms with Gasteiger partial charge >= 0.3 is 0 Å². The van der Waals surface area contributed by atoms with Crippen LogP contribution in [-0.2, 0) is 5.41 Å². The third-order valence-corrected chi connectivity index (χ3v) is 11.1. The SMILES string of the molecule is Cc1cc(-c2c3ccccc3c(-c3ccccc3)c3ccccc23)c(C)c2c1N(c1ccccc1)C1(C)CCCCC21C. The Morgan fingerprint density at radius 2 is 1.09 bits per heavy atom. The van der Waals surface area contributed by atoms with Crippen LogP contribution in [-0.4, -0.2) is 5.54 Å². The molecule has 1 saturated carbocycles. The summed E-state index contributed by atoms with van der Waals surface area (Å²) < 4.78 is 0. The second-order valence-corrected chi connectivity index (χ2v) is 13.3. The average molecular weight is 558 g/mol. The van der Waals surface area contributed by atoms with Crippen LogP contribution in [0, 0.1) is 13.8 Å². The summed E-state index contributed by atoms with van der Waals surface area (Å²) in [6.07, 6.45) is 5.00. The number of hydrogen-bond donors (Lipinski definition) is 0. The van der Waals surface area contributed by atoms with Crippen LogP contribution in [0.1, 0.15) is 56.2 Å². The summed E-state index contributed by atoms with van der Waals surface area (Å²) in [6.45, 7) is 9.87. The predicted octanol–water partition coefficient (Wildman–Crippen LogP) is 11.7. The van der Waals surface area contributed by atoms with E-state index in [-0.39, 0.29) is 11.0 Å². The lowest BCUT2D eigenvalue weighted by molar-refractivity contribution is 0.194. The lowest BCUT2D eigenvalue weighted by Gasteiger charge is -2.50. The van der Waals surface area contributed by atoms with Gasteiger partial charge in [0.1, 0.15) is 0 Å². The molecule has 1 aliphatic heterocycles. The number of nitrogens with zero attached hydrogens (tertiary/aromatic N) is 1. The first kappa shape index (κ1) is 26.3. The van der Waals surface area contributed by atoms with Gasteiger partial charge in [-0.3, -0.25) is 0 Å². The summed E-state index contributed by atoms with van der Waals surface area (Å²) in [5.41, 5.74) is 12.6. The fourth-order valence-corrected chi connectivity index (χ4v) is 8.94. The fourth-order valence-electron chi connectivity index (χ4n) is 8.94. The second kappa shape index (κ2) is 9.58. The Morgan fingerprint density at radius 1 is 0.581 bits per heavy atom. The molecule has 0 aromatic heterocycles. The molecule has 6 aromatic carbocycles. The molecule has 1 fully saturated rings. The van der Waals surface area contributed by atoms with E-state index >= 15 is 0 Å². The van der Waals surface area contributed by atoms with Crippen molar-refractivity contribution >= 4 is 32.9 Å². The Balaban J connectivity index is 1.48. The predicted molar refractivity (Wildman–Crippen MR) is 185 cm³/mol. The molecule has 1 heteroatoms. The lowest BCUT2D eigenvalue weighted by atomic mass is 9.60. The number of benzene rings is 6. The van der Waals surface area contributed by atoms with Crippen molar-refractivity contribution in [1.82, 2.24) is 0 Å². The van der Waals surface area contributed by atoms with Crippen LogP contribution in [0.2, 0.25) is 0 Å². The smallest absolute Gasteiger partial charge is 0.0518 e. The first-order chi connectivity index (χ1) is 20.9. The Morgan fingerprint density at radius 3 is 1.70 bits per heavy atom. The summed E-state index contributed by atoms with van der Waals surface area (Å²) in [5, 5.41) is 5.30. The van der Waals surface area contributed by atoms with Gasteiger partial charge in [0.2, 0.25) is 0 Å². The molecule has 8 rings (SSSR count). The highest BCUT2D eigenvalue weighted by Gasteiger charge is 2.58. The largest absolute Gasteiger partial charge is 0.334 e. The molecule has 1 heterocycles. The van der Waals surface area contributed by atoms with Crippen molar-refractivity contribution in [3.8, 4) is 22.3 Å². The van der Waals surface area contributed by atoms with E-state index < -0.39 is 0 Å². The maximum atomic E-state index is 2.72. The van der Waals surface area contributed by atoms with Gasteiger partial charge < -0.3 is 4.90 Å². The maximum absolute atomic E-state index is 2.72. The van der Waals surface area contributed by atoms with Crippen molar-refractivity contribution < 1.29 is 0 Å². The average Bonchev–Trinajstić information content (AvgIpc) is 3.27. The summed E-state index contributed by atoms with van der Waals surface area (Å²) in [4.78, 5) is 2.72. The molecule has 0 radical (unpaired) electrons.